The number of hydrogen-bond acceptors (Lipinski definition) is 5. The minimum atomic E-state index is -0.280. The van der Waals surface area contributed by atoms with Gasteiger partial charge in [-0.25, -0.2) is 4.68 Å². The Kier molecular flexibility index (Phi) is 5.80. The van der Waals surface area contributed by atoms with Crippen LogP contribution in [-0.2, 0) is 5.88 Å². The molecule has 0 bridgehead atoms. The molecule has 0 saturated heterocycles. The highest BCUT2D eigenvalue weighted by Crippen LogP contribution is 2.25. The van der Waals surface area contributed by atoms with Crippen LogP contribution in [0.5, 0.6) is 5.75 Å². The molecule has 1 N–H and O–H groups in total. The Balaban J connectivity index is 1.95. The van der Waals surface area contributed by atoms with Gasteiger partial charge in [0.25, 0.3) is 5.91 Å². The molecule has 0 saturated carbocycles. The van der Waals surface area contributed by atoms with Gasteiger partial charge in [-0.05, 0) is 54.8 Å². The monoisotopic (exact) mass is 388 g/mol. The molecule has 0 radical (unpaired) electrons. The van der Waals surface area contributed by atoms with Crippen molar-refractivity contribution < 1.29 is 9.53 Å². The van der Waals surface area contributed by atoms with E-state index >= 15 is 0 Å². The van der Waals surface area contributed by atoms with E-state index in [1.54, 1.807) is 47.8 Å². The van der Waals surface area contributed by atoms with Gasteiger partial charge in [0.05, 0.1) is 13.0 Å². The van der Waals surface area contributed by atoms with E-state index in [1.165, 1.54) is 0 Å². The van der Waals surface area contributed by atoms with Gasteiger partial charge in [0.15, 0.2) is 5.69 Å². The highest BCUT2D eigenvalue weighted by Gasteiger charge is 2.21. The van der Waals surface area contributed by atoms with Crippen molar-refractivity contribution in [2.24, 2.45) is 0 Å². The molecule has 0 unspecified atom stereocenters. The summed E-state index contributed by atoms with van der Waals surface area (Å²) >= 11 is 7.45. The maximum Gasteiger partial charge on any atom is 0.276 e. The molecule has 1 aromatic heterocycles. The van der Waals surface area contributed by atoms with Crippen LogP contribution < -0.4 is 10.1 Å². The summed E-state index contributed by atoms with van der Waals surface area (Å²) < 4.78 is 6.77. The number of benzene rings is 2. The third-order valence-corrected chi connectivity index (χ3v) is 4.42. The topological polar surface area (TPSA) is 69.0 Å². The summed E-state index contributed by atoms with van der Waals surface area (Å²) in [7, 11) is 1.61. The number of aromatic nitrogens is 3. The molecular weight excluding hydrogens is 372 g/mol. The van der Waals surface area contributed by atoms with Gasteiger partial charge in [-0.2, -0.15) is 0 Å². The summed E-state index contributed by atoms with van der Waals surface area (Å²) in [5, 5.41) is 11.8. The zero-order valence-corrected chi connectivity index (χ0v) is 15.8. The predicted molar refractivity (Wildman–Crippen MR) is 105 cm³/mol. The number of rotatable bonds is 6. The van der Waals surface area contributed by atoms with Crippen LogP contribution >= 0.6 is 23.4 Å². The molecule has 134 valence electrons. The highest BCUT2D eigenvalue weighted by atomic mass is 35.5. The Morgan fingerprint density at radius 1 is 1.19 bits per heavy atom. The van der Waals surface area contributed by atoms with Gasteiger partial charge in [-0.3, -0.25) is 4.79 Å². The van der Waals surface area contributed by atoms with E-state index in [2.05, 4.69) is 15.6 Å². The van der Waals surface area contributed by atoms with Crippen LogP contribution in [0.25, 0.3) is 11.3 Å². The van der Waals surface area contributed by atoms with Crippen LogP contribution in [0.3, 0.4) is 0 Å². The van der Waals surface area contributed by atoms with Crippen molar-refractivity contribution in [2.75, 3.05) is 18.7 Å². The van der Waals surface area contributed by atoms with Crippen molar-refractivity contribution >= 4 is 35.0 Å². The van der Waals surface area contributed by atoms with Gasteiger partial charge in [0.2, 0.25) is 0 Å². The first-order valence-corrected chi connectivity index (χ1v) is 9.53. The first kappa shape index (κ1) is 18.3. The Bertz CT molecular complexity index is 895. The quantitative estimate of drug-likeness (QED) is 0.686. The van der Waals surface area contributed by atoms with E-state index in [0.29, 0.717) is 28.0 Å². The van der Waals surface area contributed by atoms with Gasteiger partial charge in [0, 0.05) is 16.3 Å². The van der Waals surface area contributed by atoms with Gasteiger partial charge in [-0.1, -0.05) is 16.8 Å². The first-order chi connectivity index (χ1) is 12.6. The number of methoxy groups -OCH3 is 1. The third-order valence-electron chi connectivity index (χ3n) is 3.67. The van der Waals surface area contributed by atoms with Crippen molar-refractivity contribution in [3.63, 3.8) is 0 Å². The largest absolute Gasteiger partial charge is 0.497 e. The van der Waals surface area contributed by atoms with Crippen LogP contribution in [0.2, 0.25) is 5.02 Å². The summed E-state index contributed by atoms with van der Waals surface area (Å²) in [6.07, 6.45) is 1.94. The molecule has 0 aliphatic heterocycles. The highest BCUT2D eigenvalue weighted by molar-refractivity contribution is 7.97. The lowest BCUT2D eigenvalue weighted by atomic mass is 10.1. The van der Waals surface area contributed by atoms with Gasteiger partial charge in [-0.15, -0.1) is 16.9 Å². The van der Waals surface area contributed by atoms with Crippen molar-refractivity contribution in [3.8, 4) is 17.0 Å². The second-order valence-corrected chi connectivity index (χ2v) is 6.67. The lowest BCUT2D eigenvalue weighted by Gasteiger charge is -2.09. The number of hydrogen-bond donors (Lipinski definition) is 1. The van der Waals surface area contributed by atoms with Crippen LogP contribution in [0.4, 0.5) is 5.69 Å². The number of thioether (sulfide) groups is 1. The molecule has 0 spiro atoms. The zero-order valence-electron chi connectivity index (χ0n) is 14.3. The zero-order chi connectivity index (χ0) is 18.5. The summed E-state index contributed by atoms with van der Waals surface area (Å²) in [5.74, 6) is 0.974. The Hall–Kier alpha value is -2.51. The van der Waals surface area contributed by atoms with E-state index in [-0.39, 0.29) is 5.91 Å². The number of ether oxygens (including phenoxy) is 1. The van der Waals surface area contributed by atoms with E-state index < -0.39 is 0 Å². The lowest BCUT2D eigenvalue weighted by Crippen LogP contribution is -2.18. The SMILES string of the molecule is COc1ccc(-c2nnn(CSC)c2C(=O)Nc2ccc(Cl)cc2)cc1. The van der Waals surface area contributed by atoms with Gasteiger partial charge >= 0.3 is 0 Å². The molecule has 0 fully saturated rings. The van der Waals surface area contributed by atoms with Crippen LogP contribution in [0.15, 0.2) is 48.5 Å². The molecular formula is C18H17ClN4O2S. The first-order valence-electron chi connectivity index (χ1n) is 7.76. The molecule has 0 aliphatic carbocycles. The van der Waals surface area contributed by atoms with Gasteiger partial charge < -0.3 is 10.1 Å². The number of carbonyl (C=O) groups excluding carboxylic acids is 1. The number of halogens is 1. The maximum absolute atomic E-state index is 12.9. The number of anilines is 1. The standard InChI is InChI=1S/C18H17ClN4O2S/c1-25-15-9-3-12(4-10-15)16-17(23(11-26-2)22-21-16)18(24)20-14-7-5-13(19)6-8-14/h3-10H,11H2,1-2H3,(H,20,24). The molecule has 0 atom stereocenters. The van der Waals surface area contributed by atoms with Crippen molar-refractivity contribution in [3.05, 3.63) is 59.2 Å². The molecule has 2 aromatic carbocycles. The number of nitrogens with zero attached hydrogens (tertiary/aromatic N) is 3. The molecule has 1 heterocycles. The van der Waals surface area contributed by atoms with E-state index in [4.69, 9.17) is 16.3 Å². The fraction of sp³-hybridized carbons (Fsp3) is 0.167. The van der Waals surface area contributed by atoms with Gasteiger partial charge in [0.1, 0.15) is 11.4 Å². The Morgan fingerprint density at radius 2 is 1.88 bits per heavy atom. The minimum absolute atomic E-state index is 0.280. The molecule has 8 heteroatoms. The van der Waals surface area contributed by atoms with E-state index in [1.807, 2.05) is 30.5 Å². The maximum atomic E-state index is 12.9. The van der Waals surface area contributed by atoms with Crippen molar-refractivity contribution in [1.82, 2.24) is 15.0 Å². The summed E-state index contributed by atoms with van der Waals surface area (Å²) in [6.45, 7) is 0. The average molecular weight is 389 g/mol. The average Bonchev–Trinajstić information content (AvgIpc) is 3.08. The van der Waals surface area contributed by atoms with Crippen molar-refractivity contribution in [1.29, 1.82) is 0 Å². The normalized spacial score (nSPS) is 10.6. The van der Waals surface area contributed by atoms with Crippen molar-refractivity contribution in [2.45, 2.75) is 5.88 Å². The smallest absolute Gasteiger partial charge is 0.276 e. The Morgan fingerprint density at radius 3 is 2.50 bits per heavy atom. The molecule has 1 amide bonds. The number of amides is 1. The number of carbonyl (C=O) groups is 1. The fourth-order valence-electron chi connectivity index (χ4n) is 2.42. The van der Waals surface area contributed by atoms with E-state index in [0.717, 1.165) is 11.3 Å². The van der Waals surface area contributed by atoms with Crippen LogP contribution in [0, 0.1) is 0 Å². The molecule has 6 nitrogen and oxygen atoms in total. The number of nitrogens with one attached hydrogen (secondary N) is 1. The second kappa shape index (κ2) is 8.25. The lowest BCUT2D eigenvalue weighted by molar-refractivity contribution is 0.101. The fourth-order valence-corrected chi connectivity index (χ4v) is 2.97. The predicted octanol–water partition coefficient (Wildman–Crippen LogP) is 4.18. The summed E-state index contributed by atoms with van der Waals surface area (Å²) in [4.78, 5) is 12.9. The second-order valence-electron chi connectivity index (χ2n) is 5.39. The summed E-state index contributed by atoms with van der Waals surface area (Å²) in [5.41, 5.74) is 2.36. The minimum Gasteiger partial charge on any atom is -0.497 e. The third kappa shape index (κ3) is 4.00. The molecule has 26 heavy (non-hydrogen) atoms. The Labute approximate surface area is 160 Å². The van der Waals surface area contributed by atoms with E-state index in [9.17, 15) is 4.79 Å². The molecule has 3 rings (SSSR count). The van der Waals surface area contributed by atoms with Crippen LogP contribution in [0.1, 0.15) is 10.5 Å². The molecule has 3 aromatic rings. The molecule has 0 aliphatic rings. The van der Waals surface area contributed by atoms with Crippen LogP contribution in [-0.4, -0.2) is 34.3 Å². The summed E-state index contributed by atoms with van der Waals surface area (Å²) in [6, 6.07) is 14.3.